The number of nitrogens with two attached hydrogens (primary N) is 1. The number of carbonyl (C=O) groups is 4. The number of halogens is 1. The second-order valence-corrected chi connectivity index (χ2v) is 18.1. The molecule has 16 heteroatoms. The quantitative estimate of drug-likeness (QED) is 0.266. The lowest BCUT2D eigenvalue weighted by atomic mass is 10.0. The van der Waals surface area contributed by atoms with E-state index in [0.717, 1.165) is 18.4 Å². The average Bonchev–Trinajstić information content (AvgIpc) is 4.06. The van der Waals surface area contributed by atoms with Crippen LogP contribution in [0.1, 0.15) is 74.5 Å². The first-order valence-corrected chi connectivity index (χ1v) is 21.5. The van der Waals surface area contributed by atoms with E-state index in [2.05, 4.69) is 21.9 Å². The summed E-state index contributed by atoms with van der Waals surface area (Å²) in [4.78, 5) is 58.8. The maximum absolute atomic E-state index is 14.6. The maximum atomic E-state index is 14.6. The second-order valence-electron chi connectivity index (χ2n) is 15.2. The molecule has 2 aliphatic carbocycles. The van der Waals surface area contributed by atoms with Crippen LogP contribution < -0.4 is 21.1 Å². The number of fused-ring (bicyclic) bond motifs is 3. The second kappa shape index (κ2) is 16.3. The summed E-state index contributed by atoms with van der Waals surface area (Å²) < 4.78 is 48.2. The van der Waals surface area contributed by atoms with Gasteiger partial charge < -0.3 is 26.0 Å². The zero-order valence-corrected chi connectivity index (χ0v) is 32.6. The maximum Gasteiger partial charge on any atom is 0.410 e. The van der Waals surface area contributed by atoms with Crippen LogP contribution in [0.3, 0.4) is 0 Å². The van der Waals surface area contributed by atoms with E-state index >= 15 is 0 Å². The largest absolute Gasteiger partial charge is 0.444 e. The number of sulfonamides is 1. The lowest BCUT2D eigenvalue weighted by molar-refractivity contribution is -0.141. The molecule has 0 aromatic heterocycles. The number of benzene rings is 2. The Morgan fingerprint density at radius 2 is 1.84 bits per heavy atom. The van der Waals surface area contributed by atoms with Gasteiger partial charge in [0.1, 0.15) is 29.5 Å². The first kappa shape index (κ1) is 39.4. The minimum atomic E-state index is -3.91. The topological polar surface area (TPSA) is 180 Å². The molecule has 5 aliphatic rings. The summed E-state index contributed by atoms with van der Waals surface area (Å²) in [5.74, 6) is -2.76. The molecule has 2 saturated carbocycles. The van der Waals surface area contributed by atoms with E-state index < -0.39 is 74.5 Å². The standard InChI is InChI=1S/C40H47FN6O7S2/c1-25(55-24-33(42)26-11-6-5-7-12-26)43-34-16-9-4-2-3-8-14-28-20-40(28,38(50)45-56(52,53)30-17-18-30)44-36(48)35-19-29(22-47(35)37(34)49)54-39(51)46-21-27-13-10-15-32(41)31(27)23-46/h5-8,10-15,24,28-30,34-35,43H,1-4,9,16-23,42H2,(H,44,48)(H,45,50)/b14-8-,33-24-/t28-,29-,34+,35+,40-/m1/s1. The van der Waals surface area contributed by atoms with Crippen LogP contribution in [0.25, 0.3) is 5.70 Å². The Hall–Kier alpha value is -4.83. The fraction of sp³-hybridized carbons (Fsp3) is 0.450. The molecule has 2 aromatic rings. The lowest BCUT2D eigenvalue weighted by Crippen LogP contribution is -2.58. The van der Waals surface area contributed by atoms with Crippen LogP contribution in [0.5, 0.6) is 0 Å². The van der Waals surface area contributed by atoms with Gasteiger partial charge in [-0.25, -0.2) is 17.6 Å². The monoisotopic (exact) mass is 806 g/mol. The van der Waals surface area contributed by atoms with Crippen LogP contribution in [0, 0.1) is 11.7 Å². The van der Waals surface area contributed by atoms with Gasteiger partial charge in [-0.3, -0.25) is 24.0 Å². The Labute approximate surface area is 330 Å². The molecular formula is C40H47FN6O7S2. The number of thioether (sulfide) groups is 1. The summed E-state index contributed by atoms with van der Waals surface area (Å²) in [5, 5.41) is 7.64. The Morgan fingerprint density at radius 1 is 1.05 bits per heavy atom. The third kappa shape index (κ3) is 8.75. The van der Waals surface area contributed by atoms with Gasteiger partial charge in [0, 0.05) is 35.6 Å². The fourth-order valence-corrected chi connectivity index (χ4v) is 9.62. The highest BCUT2D eigenvalue weighted by Crippen LogP contribution is 2.46. The molecule has 5 N–H and O–H groups in total. The first-order valence-electron chi connectivity index (χ1n) is 19.0. The van der Waals surface area contributed by atoms with Crippen LogP contribution in [0.4, 0.5) is 9.18 Å². The molecule has 1 saturated heterocycles. The van der Waals surface area contributed by atoms with Crippen molar-refractivity contribution in [2.24, 2.45) is 11.7 Å². The third-order valence-electron chi connectivity index (χ3n) is 11.1. The summed E-state index contributed by atoms with van der Waals surface area (Å²) in [7, 11) is -3.91. The lowest BCUT2D eigenvalue weighted by Gasteiger charge is -2.30. The summed E-state index contributed by atoms with van der Waals surface area (Å²) >= 11 is 1.23. The Balaban J connectivity index is 1.12. The van der Waals surface area contributed by atoms with E-state index in [-0.39, 0.29) is 32.5 Å². The normalized spacial score (nSPS) is 27.4. The highest BCUT2D eigenvalue weighted by molar-refractivity contribution is 8.05. The Morgan fingerprint density at radius 3 is 2.59 bits per heavy atom. The van der Waals surface area contributed by atoms with Gasteiger partial charge in [0.25, 0.3) is 5.91 Å². The van der Waals surface area contributed by atoms with Crippen LogP contribution in [-0.4, -0.2) is 77.6 Å². The predicted octanol–water partition coefficient (Wildman–Crippen LogP) is 4.37. The molecule has 56 heavy (non-hydrogen) atoms. The molecule has 3 aliphatic heterocycles. The third-order valence-corrected chi connectivity index (χ3v) is 13.7. The molecule has 13 nitrogen and oxygen atoms in total. The fourth-order valence-electron chi connectivity index (χ4n) is 7.64. The van der Waals surface area contributed by atoms with E-state index in [9.17, 15) is 32.0 Å². The van der Waals surface area contributed by atoms with Crippen molar-refractivity contribution in [3.8, 4) is 0 Å². The number of amides is 4. The number of allylic oxidation sites excluding steroid dienone is 1. The van der Waals surface area contributed by atoms with Crippen LogP contribution >= 0.6 is 11.8 Å². The van der Waals surface area contributed by atoms with Gasteiger partial charge in [0.15, 0.2) is 0 Å². The molecule has 2 aromatic carbocycles. The smallest absolute Gasteiger partial charge is 0.410 e. The molecule has 3 fully saturated rings. The molecule has 0 spiro atoms. The highest BCUT2D eigenvalue weighted by Gasteiger charge is 2.62. The van der Waals surface area contributed by atoms with Crippen molar-refractivity contribution in [1.29, 1.82) is 0 Å². The average molecular weight is 807 g/mol. The minimum Gasteiger partial charge on any atom is -0.444 e. The number of hydrogen-bond acceptors (Lipinski definition) is 10. The van der Waals surface area contributed by atoms with Crippen LogP contribution in [0.15, 0.2) is 77.7 Å². The molecule has 0 unspecified atom stereocenters. The van der Waals surface area contributed by atoms with Crippen LogP contribution in [-0.2, 0) is 42.2 Å². The van der Waals surface area contributed by atoms with Crippen LogP contribution in [0.2, 0.25) is 0 Å². The van der Waals surface area contributed by atoms with E-state index in [1.165, 1.54) is 27.6 Å². The number of ether oxygens (including phenoxy) is 1. The Bertz CT molecular complexity index is 2060. The predicted molar refractivity (Wildman–Crippen MR) is 210 cm³/mol. The van der Waals surface area contributed by atoms with E-state index in [1.807, 2.05) is 42.5 Å². The SMILES string of the molecule is C=C(N[C@H]1CCCCC/C=C\[C@@H]2C[C@@]2(C(=O)NS(=O)(=O)C2CC2)NC(=O)[C@@H]2C[C@@H](OC(=O)N3Cc4cccc(F)c4C3)CN2C1=O)S/C=C(\N)c1ccccc1. The van der Waals surface area contributed by atoms with Gasteiger partial charge in [-0.05, 0) is 55.7 Å². The highest BCUT2D eigenvalue weighted by atomic mass is 32.2. The van der Waals surface area contributed by atoms with Crippen molar-refractivity contribution in [2.45, 2.75) is 99.9 Å². The van der Waals surface area contributed by atoms with Crippen molar-refractivity contribution in [2.75, 3.05) is 6.54 Å². The number of hydrogen-bond donors (Lipinski definition) is 4. The van der Waals surface area contributed by atoms with Crippen molar-refractivity contribution in [3.63, 3.8) is 0 Å². The molecule has 5 atom stereocenters. The molecule has 3 heterocycles. The number of nitrogens with zero attached hydrogens (tertiary/aromatic N) is 2. The van der Waals surface area contributed by atoms with E-state index in [0.29, 0.717) is 54.0 Å². The van der Waals surface area contributed by atoms with Gasteiger partial charge in [-0.1, -0.05) is 85.8 Å². The van der Waals surface area contributed by atoms with Gasteiger partial charge in [0.2, 0.25) is 21.8 Å². The zero-order chi connectivity index (χ0) is 39.6. The van der Waals surface area contributed by atoms with E-state index in [4.69, 9.17) is 10.5 Å². The molecule has 0 radical (unpaired) electrons. The number of rotatable bonds is 9. The minimum absolute atomic E-state index is 0.0193. The van der Waals surface area contributed by atoms with E-state index in [1.54, 1.807) is 17.5 Å². The van der Waals surface area contributed by atoms with Gasteiger partial charge >= 0.3 is 6.09 Å². The van der Waals surface area contributed by atoms with Gasteiger partial charge in [-0.2, -0.15) is 0 Å². The molecular weight excluding hydrogens is 760 g/mol. The summed E-state index contributed by atoms with van der Waals surface area (Å²) in [5.41, 5.74) is 7.19. The van der Waals surface area contributed by atoms with Crippen molar-refractivity contribution < 1.29 is 36.7 Å². The first-order chi connectivity index (χ1) is 26.8. The molecule has 0 bridgehead atoms. The molecule has 298 valence electrons. The number of nitrogens with one attached hydrogen (secondary N) is 3. The number of carbonyl (C=O) groups excluding carboxylic acids is 4. The summed E-state index contributed by atoms with van der Waals surface area (Å²) in [6, 6.07) is 12.1. The summed E-state index contributed by atoms with van der Waals surface area (Å²) in [6.07, 6.45) is 6.63. The zero-order valence-electron chi connectivity index (χ0n) is 31.0. The van der Waals surface area contributed by atoms with Gasteiger partial charge in [0.05, 0.1) is 23.4 Å². The van der Waals surface area contributed by atoms with Gasteiger partial charge in [-0.15, -0.1) is 0 Å². The summed E-state index contributed by atoms with van der Waals surface area (Å²) in [6.45, 7) is 4.18. The molecule has 4 amide bonds. The van der Waals surface area contributed by atoms with Crippen molar-refractivity contribution in [3.05, 3.63) is 100 Å². The Kier molecular flexibility index (Phi) is 11.5. The molecule has 7 rings (SSSR count). The van der Waals surface area contributed by atoms with Crippen molar-refractivity contribution in [1.82, 2.24) is 25.2 Å². The van der Waals surface area contributed by atoms with Crippen molar-refractivity contribution >= 4 is 51.3 Å².